The Labute approximate surface area is 117 Å². The molecule has 0 aliphatic carbocycles. The van der Waals surface area contributed by atoms with Crippen LogP contribution in [0.25, 0.3) is 0 Å². The van der Waals surface area contributed by atoms with Crippen molar-refractivity contribution in [2.24, 2.45) is 0 Å². The number of hydrogen-bond donors (Lipinski definition) is 0. The van der Waals surface area contributed by atoms with Crippen molar-refractivity contribution in [2.45, 2.75) is 18.8 Å². The summed E-state index contributed by atoms with van der Waals surface area (Å²) in [5, 5.41) is 0.762. The summed E-state index contributed by atoms with van der Waals surface area (Å²) in [6.45, 7) is 1.22. The van der Waals surface area contributed by atoms with Crippen LogP contribution < -0.4 is 0 Å². The van der Waals surface area contributed by atoms with Crippen LogP contribution in [0.4, 0.5) is 0 Å². The average molecular weight is 275 g/mol. The van der Waals surface area contributed by atoms with Crippen LogP contribution in [-0.2, 0) is 16.1 Å². The second-order valence-corrected chi connectivity index (χ2v) is 5.02. The Bertz CT molecular complexity index is 541. The van der Waals surface area contributed by atoms with Gasteiger partial charge in [0.15, 0.2) is 0 Å². The number of epoxide rings is 1. The molecular formula is C16H15ClO2. The molecule has 2 aromatic rings. The van der Waals surface area contributed by atoms with Gasteiger partial charge in [-0.3, -0.25) is 0 Å². The summed E-state index contributed by atoms with van der Waals surface area (Å²) in [6, 6.07) is 17.9. The van der Waals surface area contributed by atoms with Gasteiger partial charge in [-0.1, -0.05) is 60.1 Å². The van der Waals surface area contributed by atoms with Crippen LogP contribution in [0, 0.1) is 0 Å². The maximum absolute atomic E-state index is 6.13. The first kappa shape index (κ1) is 12.7. The maximum atomic E-state index is 6.13. The lowest BCUT2D eigenvalue weighted by Crippen LogP contribution is -2.02. The lowest BCUT2D eigenvalue weighted by Gasteiger charge is -2.02. The summed E-state index contributed by atoms with van der Waals surface area (Å²) in [5.41, 5.74) is 2.23. The molecule has 3 rings (SSSR count). The van der Waals surface area contributed by atoms with Crippen molar-refractivity contribution >= 4 is 11.6 Å². The van der Waals surface area contributed by atoms with Crippen molar-refractivity contribution in [1.29, 1.82) is 0 Å². The van der Waals surface area contributed by atoms with E-state index in [2.05, 4.69) is 12.1 Å². The minimum Gasteiger partial charge on any atom is -0.374 e. The molecule has 19 heavy (non-hydrogen) atoms. The van der Waals surface area contributed by atoms with E-state index in [4.69, 9.17) is 21.1 Å². The number of benzene rings is 2. The van der Waals surface area contributed by atoms with Crippen LogP contribution in [0.15, 0.2) is 54.6 Å². The summed E-state index contributed by atoms with van der Waals surface area (Å²) in [5.74, 6) is 0. The monoisotopic (exact) mass is 274 g/mol. The Balaban J connectivity index is 1.48. The summed E-state index contributed by atoms with van der Waals surface area (Å²) in [4.78, 5) is 0. The van der Waals surface area contributed by atoms with E-state index >= 15 is 0 Å². The Morgan fingerprint density at radius 1 is 1.00 bits per heavy atom. The van der Waals surface area contributed by atoms with E-state index in [1.54, 1.807) is 0 Å². The fourth-order valence-electron chi connectivity index (χ4n) is 2.12. The highest BCUT2D eigenvalue weighted by molar-refractivity contribution is 6.31. The van der Waals surface area contributed by atoms with Gasteiger partial charge in [0, 0.05) is 10.6 Å². The van der Waals surface area contributed by atoms with Crippen LogP contribution in [-0.4, -0.2) is 12.7 Å². The van der Waals surface area contributed by atoms with Crippen LogP contribution in [0.2, 0.25) is 5.02 Å². The predicted molar refractivity (Wildman–Crippen MR) is 75.2 cm³/mol. The van der Waals surface area contributed by atoms with E-state index in [1.807, 2.05) is 42.5 Å². The Morgan fingerprint density at radius 2 is 1.74 bits per heavy atom. The van der Waals surface area contributed by atoms with Crippen LogP contribution in [0.1, 0.15) is 17.2 Å². The Morgan fingerprint density at radius 3 is 2.53 bits per heavy atom. The Hall–Kier alpha value is -1.35. The molecule has 0 saturated carbocycles. The van der Waals surface area contributed by atoms with Gasteiger partial charge in [0.05, 0.1) is 13.2 Å². The molecule has 2 aromatic carbocycles. The molecule has 3 heteroatoms. The lowest BCUT2D eigenvalue weighted by atomic mass is 10.1. The molecule has 0 aromatic heterocycles. The van der Waals surface area contributed by atoms with Crippen molar-refractivity contribution in [2.75, 3.05) is 6.61 Å². The number of ether oxygens (including phenoxy) is 2. The van der Waals surface area contributed by atoms with Crippen molar-refractivity contribution < 1.29 is 9.47 Å². The number of rotatable bonds is 5. The van der Waals surface area contributed by atoms with E-state index < -0.39 is 0 Å². The van der Waals surface area contributed by atoms with E-state index in [-0.39, 0.29) is 12.2 Å². The molecule has 0 amide bonds. The largest absolute Gasteiger partial charge is 0.374 e. The summed E-state index contributed by atoms with van der Waals surface area (Å²) < 4.78 is 11.3. The first-order valence-corrected chi connectivity index (χ1v) is 6.74. The molecule has 0 spiro atoms. The zero-order valence-electron chi connectivity index (χ0n) is 10.5. The molecular weight excluding hydrogens is 260 g/mol. The molecule has 2 atom stereocenters. The molecule has 1 heterocycles. The molecule has 2 nitrogen and oxygen atoms in total. The van der Waals surface area contributed by atoms with Gasteiger partial charge < -0.3 is 9.47 Å². The van der Waals surface area contributed by atoms with Gasteiger partial charge in [0.2, 0.25) is 0 Å². The van der Waals surface area contributed by atoms with E-state index in [0.29, 0.717) is 13.2 Å². The fourth-order valence-corrected chi connectivity index (χ4v) is 2.36. The van der Waals surface area contributed by atoms with Crippen molar-refractivity contribution in [1.82, 2.24) is 0 Å². The molecule has 0 N–H and O–H groups in total. The average Bonchev–Trinajstić information content (AvgIpc) is 3.20. The minimum atomic E-state index is 0.0875. The summed E-state index contributed by atoms with van der Waals surface area (Å²) >= 11 is 6.13. The zero-order chi connectivity index (χ0) is 13.1. The smallest absolute Gasteiger partial charge is 0.113 e. The molecule has 0 bridgehead atoms. The Kier molecular flexibility index (Phi) is 3.83. The second kappa shape index (κ2) is 5.74. The minimum absolute atomic E-state index is 0.0875. The summed E-state index contributed by atoms with van der Waals surface area (Å²) in [6.07, 6.45) is 0.216. The fraction of sp³-hybridized carbons (Fsp3) is 0.250. The van der Waals surface area contributed by atoms with Gasteiger partial charge in [0.1, 0.15) is 12.2 Å². The molecule has 2 unspecified atom stereocenters. The van der Waals surface area contributed by atoms with Gasteiger partial charge in [-0.2, -0.15) is 0 Å². The highest BCUT2D eigenvalue weighted by Gasteiger charge is 2.41. The van der Waals surface area contributed by atoms with Gasteiger partial charge >= 0.3 is 0 Å². The number of hydrogen-bond acceptors (Lipinski definition) is 2. The number of halogens is 1. The van der Waals surface area contributed by atoms with Gasteiger partial charge in [-0.25, -0.2) is 0 Å². The third-order valence-corrected chi connectivity index (χ3v) is 3.53. The molecule has 1 fully saturated rings. The van der Waals surface area contributed by atoms with Gasteiger partial charge in [-0.05, 0) is 11.6 Å². The van der Waals surface area contributed by atoms with Gasteiger partial charge in [0.25, 0.3) is 0 Å². The molecule has 1 aliphatic rings. The van der Waals surface area contributed by atoms with Crippen molar-refractivity contribution in [3.8, 4) is 0 Å². The normalized spacial score (nSPS) is 21.3. The highest BCUT2D eigenvalue weighted by atomic mass is 35.5. The summed E-state index contributed by atoms with van der Waals surface area (Å²) in [7, 11) is 0. The van der Waals surface area contributed by atoms with Crippen LogP contribution >= 0.6 is 11.6 Å². The van der Waals surface area contributed by atoms with E-state index in [9.17, 15) is 0 Å². The van der Waals surface area contributed by atoms with Crippen molar-refractivity contribution in [3.05, 3.63) is 70.7 Å². The second-order valence-electron chi connectivity index (χ2n) is 4.62. The molecule has 1 aliphatic heterocycles. The van der Waals surface area contributed by atoms with Crippen LogP contribution in [0.5, 0.6) is 0 Å². The third kappa shape index (κ3) is 3.16. The van der Waals surface area contributed by atoms with Crippen molar-refractivity contribution in [3.63, 3.8) is 0 Å². The molecule has 0 radical (unpaired) electrons. The zero-order valence-corrected chi connectivity index (χ0v) is 11.2. The lowest BCUT2D eigenvalue weighted by molar-refractivity contribution is 0.104. The van der Waals surface area contributed by atoms with Crippen LogP contribution in [0.3, 0.4) is 0 Å². The highest BCUT2D eigenvalue weighted by Crippen LogP contribution is 2.41. The van der Waals surface area contributed by atoms with E-state index in [1.165, 1.54) is 5.56 Å². The molecule has 98 valence electrons. The van der Waals surface area contributed by atoms with Gasteiger partial charge in [-0.15, -0.1) is 0 Å². The third-order valence-electron chi connectivity index (χ3n) is 3.19. The maximum Gasteiger partial charge on any atom is 0.113 e. The standard InChI is InChI=1S/C16H15ClO2/c17-14-9-5-4-8-13(14)16-15(19-16)11-18-10-12-6-2-1-3-7-12/h1-9,15-16H,10-11H2. The first-order valence-electron chi connectivity index (χ1n) is 6.36. The SMILES string of the molecule is Clc1ccccc1C1OC1COCc1ccccc1. The topological polar surface area (TPSA) is 21.8 Å². The van der Waals surface area contributed by atoms with E-state index in [0.717, 1.165) is 10.6 Å². The quantitative estimate of drug-likeness (QED) is 0.769. The first-order chi connectivity index (χ1) is 9.34. The predicted octanol–water partition coefficient (Wildman–Crippen LogP) is 4.00. The molecule has 1 saturated heterocycles.